The molecule has 0 bridgehead atoms. The molecule has 4 aromatic rings. The largest absolute Gasteiger partial charge is 0.547 e. The minimum atomic E-state index is -4.26. The van der Waals surface area contributed by atoms with E-state index >= 15 is 0 Å². The van der Waals surface area contributed by atoms with Gasteiger partial charge >= 0.3 is 7.82 Å². The van der Waals surface area contributed by atoms with E-state index in [1.165, 1.54) is 23.7 Å². The summed E-state index contributed by atoms with van der Waals surface area (Å²) < 4.78 is 28.2. The summed E-state index contributed by atoms with van der Waals surface area (Å²) in [4.78, 5) is 32.1. The fourth-order valence-corrected chi connectivity index (χ4v) is 4.93. The van der Waals surface area contributed by atoms with Crippen molar-refractivity contribution in [2.45, 2.75) is 31.9 Å². The summed E-state index contributed by atoms with van der Waals surface area (Å²) in [6.07, 6.45) is 8.17. The van der Waals surface area contributed by atoms with Gasteiger partial charge in [0.1, 0.15) is 16.4 Å². The molecule has 2 N–H and O–H groups in total. The van der Waals surface area contributed by atoms with Crippen molar-refractivity contribution in [1.82, 2.24) is 29.7 Å². The first-order valence-electron chi connectivity index (χ1n) is 11.4. The molecule has 1 atom stereocenters. The van der Waals surface area contributed by atoms with Crippen LogP contribution in [0.1, 0.15) is 36.3 Å². The van der Waals surface area contributed by atoms with Crippen LogP contribution in [0.3, 0.4) is 0 Å². The lowest BCUT2D eigenvalue weighted by molar-refractivity contribution is -0.0226. The van der Waals surface area contributed by atoms with Gasteiger partial charge in [0.05, 0.1) is 41.5 Å². The summed E-state index contributed by atoms with van der Waals surface area (Å²) in [6, 6.07) is 5.69. The van der Waals surface area contributed by atoms with Crippen LogP contribution in [0.25, 0.3) is 22.0 Å². The van der Waals surface area contributed by atoms with Gasteiger partial charge < -0.3 is 10.1 Å². The summed E-state index contributed by atoms with van der Waals surface area (Å²) in [6.45, 7) is 2.66. The lowest BCUT2D eigenvalue weighted by atomic mass is 9.89. The van der Waals surface area contributed by atoms with Crippen molar-refractivity contribution in [1.29, 1.82) is 0 Å². The predicted molar refractivity (Wildman–Crippen MR) is 134 cm³/mol. The molecule has 194 valence electrons. The van der Waals surface area contributed by atoms with Crippen molar-refractivity contribution in [3.8, 4) is 22.0 Å². The molecule has 1 fully saturated rings. The van der Waals surface area contributed by atoms with E-state index in [9.17, 15) is 14.3 Å². The molecule has 0 radical (unpaired) electrons. The third-order valence-corrected chi connectivity index (χ3v) is 7.42. The van der Waals surface area contributed by atoms with Crippen molar-refractivity contribution in [2.24, 2.45) is 0 Å². The molecular weight excluding hydrogens is 521 g/mol. The normalized spacial score (nSPS) is 18.7. The van der Waals surface area contributed by atoms with Gasteiger partial charge in [0.25, 0.3) is 5.91 Å². The molecule has 13 nitrogen and oxygen atoms in total. The third-order valence-electron chi connectivity index (χ3n) is 5.70. The second kappa shape index (κ2) is 10.5. The van der Waals surface area contributed by atoms with Crippen LogP contribution in [0.2, 0.25) is 0 Å². The minimum Gasteiger partial charge on any atom is -0.378 e. The molecule has 1 saturated carbocycles. The predicted octanol–water partition coefficient (Wildman–Crippen LogP) is 3.43. The van der Waals surface area contributed by atoms with Gasteiger partial charge in [0.15, 0.2) is 0 Å². The van der Waals surface area contributed by atoms with Gasteiger partial charge in [0, 0.05) is 31.5 Å². The number of aromatic nitrogens is 6. The summed E-state index contributed by atoms with van der Waals surface area (Å²) in [5.74, 6) is -0.414. The SMILES string of the molecule is CCOC1CC(n2cc(NC(=O)c3csc(-c4cnn(OP(=O)(O)OC)c4)n3)c(-c3ccccn3)n2)C1. The number of nitrogens with one attached hydrogen (secondary N) is 1. The zero-order valence-corrected chi connectivity index (χ0v) is 21.6. The number of carbonyl (C=O) groups is 1. The maximum absolute atomic E-state index is 13.1. The first kappa shape index (κ1) is 25.2. The van der Waals surface area contributed by atoms with E-state index in [4.69, 9.17) is 14.5 Å². The third kappa shape index (κ3) is 5.63. The van der Waals surface area contributed by atoms with Crippen LogP contribution in [0.5, 0.6) is 0 Å². The molecule has 0 aromatic carbocycles. The Kier molecular flexibility index (Phi) is 7.17. The maximum Gasteiger partial charge on any atom is 0.547 e. The fraction of sp³-hybridized carbons (Fsp3) is 0.318. The van der Waals surface area contributed by atoms with Crippen LogP contribution in [0.15, 0.2) is 48.4 Å². The molecule has 0 aliphatic heterocycles. The number of pyridine rings is 1. The number of carbonyl (C=O) groups excluding carboxylic acids is 1. The number of phosphoric acid groups is 1. The van der Waals surface area contributed by atoms with E-state index < -0.39 is 13.7 Å². The molecule has 1 unspecified atom stereocenters. The number of hydrogen-bond acceptors (Lipinski definition) is 10. The average molecular weight is 546 g/mol. The Labute approximate surface area is 215 Å². The summed E-state index contributed by atoms with van der Waals surface area (Å²) in [5.41, 5.74) is 2.42. The summed E-state index contributed by atoms with van der Waals surface area (Å²) in [5, 5.41) is 13.6. The fourth-order valence-electron chi connectivity index (χ4n) is 3.78. The number of anilines is 1. The smallest absolute Gasteiger partial charge is 0.378 e. The van der Waals surface area contributed by atoms with E-state index in [2.05, 4.69) is 24.9 Å². The number of hydrogen-bond donors (Lipinski definition) is 2. The topological polar surface area (TPSA) is 156 Å². The quantitative estimate of drug-likeness (QED) is 0.283. The van der Waals surface area contributed by atoms with E-state index in [0.29, 0.717) is 34.3 Å². The first-order valence-corrected chi connectivity index (χ1v) is 13.8. The van der Waals surface area contributed by atoms with E-state index in [1.54, 1.807) is 11.6 Å². The number of ether oxygens (including phenoxy) is 1. The van der Waals surface area contributed by atoms with Gasteiger partial charge in [-0.25, -0.2) is 9.55 Å². The number of phosphoric ester groups is 1. The monoisotopic (exact) mass is 545 g/mol. The Morgan fingerprint density at radius 1 is 1.32 bits per heavy atom. The van der Waals surface area contributed by atoms with Crippen molar-refractivity contribution < 1.29 is 28.1 Å². The molecule has 4 heterocycles. The van der Waals surface area contributed by atoms with Crippen molar-refractivity contribution in [3.05, 3.63) is 54.1 Å². The molecule has 4 aromatic heterocycles. The molecule has 15 heteroatoms. The lowest BCUT2D eigenvalue weighted by Gasteiger charge is -2.34. The molecule has 1 amide bonds. The van der Waals surface area contributed by atoms with Gasteiger partial charge in [-0.1, -0.05) is 10.9 Å². The van der Waals surface area contributed by atoms with Crippen LogP contribution in [-0.2, 0) is 13.8 Å². The molecule has 1 aliphatic carbocycles. The first-order chi connectivity index (χ1) is 17.8. The van der Waals surface area contributed by atoms with Crippen LogP contribution in [0, 0.1) is 0 Å². The zero-order chi connectivity index (χ0) is 26.0. The Balaban J connectivity index is 1.33. The molecule has 1 aliphatic rings. The molecule has 37 heavy (non-hydrogen) atoms. The molecule has 0 spiro atoms. The number of amides is 1. The molecule has 0 saturated heterocycles. The highest BCUT2D eigenvalue weighted by Crippen LogP contribution is 2.38. The Bertz CT molecular complexity index is 1430. The van der Waals surface area contributed by atoms with Gasteiger partial charge in [-0.2, -0.15) is 5.10 Å². The summed E-state index contributed by atoms with van der Waals surface area (Å²) >= 11 is 1.22. The number of nitrogens with zero attached hydrogens (tertiary/aromatic N) is 6. The minimum absolute atomic E-state index is 0.182. The Morgan fingerprint density at radius 2 is 2.16 bits per heavy atom. The van der Waals surface area contributed by atoms with Gasteiger partial charge in [-0.15, -0.1) is 16.4 Å². The van der Waals surface area contributed by atoms with Crippen molar-refractivity contribution in [3.63, 3.8) is 0 Å². The average Bonchev–Trinajstić information content (AvgIpc) is 3.61. The van der Waals surface area contributed by atoms with Crippen LogP contribution >= 0.6 is 19.2 Å². The Hall–Kier alpha value is -3.42. The van der Waals surface area contributed by atoms with Crippen molar-refractivity contribution >= 4 is 30.8 Å². The van der Waals surface area contributed by atoms with E-state index in [-0.39, 0.29) is 17.8 Å². The second-order valence-corrected chi connectivity index (χ2v) is 10.5. The molecular formula is C22H24N7O6PS. The van der Waals surface area contributed by atoms with Crippen LogP contribution in [-0.4, -0.2) is 60.3 Å². The lowest BCUT2D eigenvalue weighted by Crippen LogP contribution is -2.33. The molecule has 5 rings (SSSR count). The van der Waals surface area contributed by atoms with Crippen LogP contribution < -0.4 is 9.94 Å². The van der Waals surface area contributed by atoms with Crippen LogP contribution in [0.4, 0.5) is 5.69 Å². The number of thiazole rings is 1. The highest BCUT2D eigenvalue weighted by Gasteiger charge is 2.32. The standard InChI is InChI=1S/C22H24N7O6PS/c1-3-34-16-8-15(9-16)28-12-18(20(27-28)17-6-4-5-7-23-17)25-21(30)19-13-37-22(26-19)14-10-24-29(11-14)35-36(31,32)33-2/h4-7,10-13,15-16H,3,8-9H2,1-2H3,(H,25,30)(H,31,32). The summed E-state index contributed by atoms with van der Waals surface area (Å²) in [7, 11) is -3.22. The van der Waals surface area contributed by atoms with Crippen molar-refractivity contribution in [2.75, 3.05) is 19.0 Å². The Morgan fingerprint density at radius 3 is 2.89 bits per heavy atom. The second-order valence-electron chi connectivity index (χ2n) is 8.15. The maximum atomic E-state index is 13.1. The van der Waals surface area contributed by atoms with Gasteiger partial charge in [-0.3, -0.25) is 28.5 Å². The zero-order valence-electron chi connectivity index (χ0n) is 19.9. The van der Waals surface area contributed by atoms with E-state index in [1.807, 2.05) is 36.0 Å². The van der Waals surface area contributed by atoms with E-state index in [0.717, 1.165) is 24.8 Å². The number of rotatable bonds is 10. The highest BCUT2D eigenvalue weighted by molar-refractivity contribution is 7.47. The van der Waals surface area contributed by atoms with Gasteiger partial charge in [-0.05, 0) is 31.9 Å². The van der Waals surface area contributed by atoms with Gasteiger partial charge in [0.2, 0.25) is 0 Å². The highest BCUT2D eigenvalue weighted by atomic mass is 32.1.